The van der Waals surface area contributed by atoms with E-state index in [4.69, 9.17) is 17.3 Å². The molecule has 0 aliphatic carbocycles. The lowest BCUT2D eigenvalue weighted by atomic mass is 10.1. The first kappa shape index (κ1) is 18.7. The molecule has 0 bridgehead atoms. The summed E-state index contributed by atoms with van der Waals surface area (Å²) < 4.78 is 26.9. The Bertz CT molecular complexity index is 480. The lowest BCUT2D eigenvalue weighted by Crippen LogP contribution is -2.40. The van der Waals surface area contributed by atoms with Gasteiger partial charge in [0, 0.05) is 12.6 Å². The van der Waals surface area contributed by atoms with Gasteiger partial charge in [0.1, 0.15) is 4.90 Å². The van der Waals surface area contributed by atoms with Gasteiger partial charge in [-0.15, -0.1) is 12.4 Å². The minimum Gasteiger partial charge on any atom is -0.329 e. The molecule has 0 spiro atoms. The standard InChI is InChI=1S/C12H19ClN2O2S.ClH/c1-2-3-6-10(9-14)15-18(16,17)12-8-5-4-7-11(12)13;/h4-5,7-8,10,15H,2-3,6,9,14H2,1H3;1H. The summed E-state index contributed by atoms with van der Waals surface area (Å²) in [6.45, 7) is 2.33. The topological polar surface area (TPSA) is 72.2 Å². The Balaban J connectivity index is 0.00000324. The van der Waals surface area contributed by atoms with E-state index in [0.29, 0.717) is 0 Å². The molecule has 3 N–H and O–H groups in total. The van der Waals surface area contributed by atoms with Crippen molar-refractivity contribution in [3.05, 3.63) is 29.3 Å². The molecule has 0 fully saturated rings. The van der Waals surface area contributed by atoms with Crippen LogP contribution >= 0.6 is 24.0 Å². The van der Waals surface area contributed by atoms with Crippen molar-refractivity contribution in [3.63, 3.8) is 0 Å². The molecule has 1 atom stereocenters. The largest absolute Gasteiger partial charge is 0.329 e. The maximum Gasteiger partial charge on any atom is 0.242 e. The molecular weight excluding hydrogens is 307 g/mol. The molecule has 0 heterocycles. The number of unbranched alkanes of at least 4 members (excludes halogenated alkanes) is 1. The van der Waals surface area contributed by atoms with Crippen LogP contribution in [-0.2, 0) is 10.0 Å². The SMILES string of the molecule is CCCCC(CN)NS(=O)(=O)c1ccccc1Cl.Cl. The predicted molar refractivity (Wildman–Crippen MR) is 81.4 cm³/mol. The summed E-state index contributed by atoms with van der Waals surface area (Å²) in [6, 6.07) is 6.13. The Hall–Kier alpha value is -0.330. The number of nitrogens with two attached hydrogens (primary N) is 1. The third-order valence-electron chi connectivity index (χ3n) is 2.64. The van der Waals surface area contributed by atoms with E-state index >= 15 is 0 Å². The number of hydrogen-bond donors (Lipinski definition) is 2. The first-order chi connectivity index (χ1) is 8.51. The van der Waals surface area contributed by atoms with Crippen molar-refractivity contribution in [2.45, 2.75) is 37.1 Å². The highest BCUT2D eigenvalue weighted by Crippen LogP contribution is 2.20. The van der Waals surface area contributed by atoms with Crippen LogP contribution in [0.2, 0.25) is 5.02 Å². The summed E-state index contributed by atoms with van der Waals surface area (Å²) in [7, 11) is -3.59. The van der Waals surface area contributed by atoms with Gasteiger partial charge < -0.3 is 5.73 Å². The molecule has 0 aromatic heterocycles. The van der Waals surface area contributed by atoms with Crippen LogP contribution in [0.4, 0.5) is 0 Å². The second-order valence-electron chi connectivity index (χ2n) is 4.13. The zero-order valence-corrected chi connectivity index (χ0v) is 13.2. The molecule has 0 saturated heterocycles. The first-order valence-corrected chi connectivity index (χ1v) is 7.84. The van der Waals surface area contributed by atoms with Crippen molar-refractivity contribution in [1.82, 2.24) is 4.72 Å². The summed E-state index contributed by atoms with van der Waals surface area (Å²) in [5, 5.41) is 0.219. The molecule has 0 aliphatic rings. The highest BCUT2D eigenvalue weighted by molar-refractivity contribution is 7.89. The van der Waals surface area contributed by atoms with Crippen molar-refractivity contribution in [3.8, 4) is 0 Å². The molecule has 1 unspecified atom stereocenters. The number of nitrogens with one attached hydrogen (secondary N) is 1. The van der Waals surface area contributed by atoms with Crippen molar-refractivity contribution < 1.29 is 8.42 Å². The van der Waals surface area contributed by atoms with Crippen LogP contribution < -0.4 is 10.5 Å². The van der Waals surface area contributed by atoms with E-state index in [9.17, 15) is 8.42 Å². The van der Waals surface area contributed by atoms with E-state index in [-0.39, 0.29) is 34.9 Å². The molecule has 1 aromatic carbocycles. The van der Waals surface area contributed by atoms with Gasteiger partial charge in [0.2, 0.25) is 10.0 Å². The normalized spacial score (nSPS) is 12.8. The van der Waals surface area contributed by atoms with E-state index in [1.807, 2.05) is 0 Å². The maximum absolute atomic E-state index is 12.1. The van der Waals surface area contributed by atoms with Gasteiger partial charge in [-0.1, -0.05) is 43.5 Å². The van der Waals surface area contributed by atoms with Gasteiger partial charge in [0.05, 0.1) is 5.02 Å². The van der Waals surface area contributed by atoms with Gasteiger partial charge >= 0.3 is 0 Å². The van der Waals surface area contributed by atoms with Crippen LogP contribution in [0.25, 0.3) is 0 Å². The van der Waals surface area contributed by atoms with Crippen LogP contribution in [0.5, 0.6) is 0 Å². The lowest BCUT2D eigenvalue weighted by molar-refractivity contribution is 0.516. The third kappa shape index (κ3) is 5.67. The average molecular weight is 327 g/mol. The molecule has 4 nitrogen and oxygen atoms in total. The maximum atomic E-state index is 12.1. The fourth-order valence-corrected chi connectivity index (χ4v) is 3.42. The van der Waals surface area contributed by atoms with Crippen LogP contribution in [0.3, 0.4) is 0 Å². The predicted octanol–water partition coefficient (Wildman–Crippen LogP) is 2.56. The fourth-order valence-electron chi connectivity index (χ4n) is 1.62. The minimum atomic E-state index is -3.59. The van der Waals surface area contributed by atoms with Crippen LogP contribution in [0.15, 0.2) is 29.2 Å². The second kappa shape index (κ2) is 8.76. The highest BCUT2D eigenvalue weighted by Gasteiger charge is 2.20. The van der Waals surface area contributed by atoms with Crippen molar-refractivity contribution in [2.24, 2.45) is 5.73 Å². The Kier molecular flexibility index (Phi) is 8.61. The molecule has 0 saturated carbocycles. The zero-order chi connectivity index (χ0) is 13.6. The van der Waals surface area contributed by atoms with Crippen molar-refractivity contribution in [2.75, 3.05) is 6.54 Å². The quantitative estimate of drug-likeness (QED) is 0.808. The molecule has 1 rings (SSSR count). The summed E-state index contributed by atoms with van der Waals surface area (Å²) >= 11 is 5.89. The van der Waals surface area contributed by atoms with Gasteiger partial charge in [0.15, 0.2) is 0 Å². The minimum absolute atomic E-state index is 0. The second-order valence-corrected chi connectivity index (χ2v) is 6.22. The lowest BCUT2D eigenvalue weighted by Gasteiger charge is -2.17. The molecule has 110 valence electrons. The highest BCUT2D eigenvalue weighted by atomic mass is 35.5. The Morgan fingerprint density at radius 1 is 1.37 bits per heavy atom. The van der Waals surface area contributed by atoms with E-state index in [1.165, 1.54) is 6.07 Å². The summed E-state index contributed by atoms with van der Waals surface area (Å²) in [6.07, 6.45) is 2.67. The van der Waals surface area contributed by atoms with Crippen molar-refractivity contribution in [1.29, 1.82) is 0 Å². The van der Waals surface area contributed by atoms with Gasteiger partial charge in [0.25, 0.3) is 0 Å². The molecule has 19 heavy (non-hydrogen) atoms. The van der Waals surface area contributed by atoms with Gasteiger partial charge in [-0.2, -0.15) is 0 Å². The average Bonchev–Trinajstić information content (AvgIpc) is 2.34. The Morgan fingerprint density at radius 2 is 2.00 bits per heavy atom. The van der Waals surface area contributed by atoms with Gasteiger partial charge in [-0.05, 0) is 18.6 Å². The number of rotatable bonds is 7. The van der Waals surface area contributed by atoms with E-state index < -0.39 is 10.0 Å². The molecule has 1 aromatic rings. The first-order valence-electron chi connectivity index (χ1n) is 5.98. The number of benzene rings is 1. The molecular formula is C12H20Cl2N2O2S. The molecule has 0 amide bonds. The summed E-state index contributed by atoms with van der Waals surface area (Å²) in [5.41, 5.74) is 5.58. The fraction of sp³-hybridized carbons (Fsp3) is 0.500. The van der Waals surface area contributed by atoms with E-state index in [2.05, 4.69) is 11.6 Å². The number of sulfonamides is 1. The zero-order valence-electron chi connectivity index (χ0n) is 10.8. The summed E-state index contributed by atoms with van der Waals surface area (Å²) in [4.78, 5) is 0.0987. The number of hydrogen-bond acceptors (Lipinski definition) is 3. The molecule has 0 radical (unpaired) electrons. The summed E-state index contributed by atoms with van der Waals surface area (Å²) in [5.74, 6) is 0. The third-order valence-corrected chi connectivity index (χ3v) is 4.66. The van der Waals surface area contributed by atoms with Gasteiger partial charge in [-0.3, -0.25) is 0 Å². The van der Waals surface area contributed by atoms with Gasteiger partial charge in [-0.25, -0.2) is 13.1 Å². The van der Waals surface area contributed by atoms with E-state index in [0.717, 1.165) is 19.3 Å². The smallest absolute Gasteiger partial charge is 0.242 e. The Labute approximate surface area is 126 Å². The number of halogens is 2. The monoisotopic (exact) mass is 326 g/mol. The molecule has 0 aliphatic heterocycles. The van der Waals surface area contributed by atoms with Crippen molar-refractivity contribution >= 4 is 34.0 Å². The molecule has 7 heteroatoms. The van der Waals surface area contributed by atoms with E-state index in [1.54, 1.807) is 18.2 Å². The van der Waals surface area contributed by atoms with Crippen LogP contribution in [0, 0.1) is 0 Å². The Morgan fingerprint density at radius 3 is 2.53 bits per heavy atom. The van der Waals surface area contributed by atoms with Crippen LogP contribution in [-0.4, -0.2) is 21.0 Å². The van der Waals surface area contributed by atoms with Crippen LogP contribution in [0.1, 0.15) is 26.2 Å².